The van der Waals surface area contributed by atoms with Crippen molar-refractivity contribution in [1.82, 2.24) is 18.9 Å². The van der Waals surface area contributed by atoms with Gasteiger partial charge in [-0.05, 0) is 24.8 Å². The van der Waals surface area contributed by atoms with Crippen LogP contribution in [-0.4, -0.2) is 36.8 Å². The first kappa shape index (κ1) is 22.2. The van der Waals surface area contributed by atoms with Crippen molar-refractivity contribution < 1.29 is 26.3 Å². The van der Waals surface area contributed by atoms with Gasteiger partial charge < -0.3 is 0 Å². The highest BCUT2D eigenvalue weighted by atomic mass is 32.2. The Morgan fingerprint density at radius 1 is 1.20 bits per heavy atom. The number of hydrogen-bond acceptors (Lipinski definition) is 4. The lowest BCUT2D eigenvalue weighted by Gasteiger charge is -2.18. The molecule has 0 N–H and O–H groups in total. The van der Waals surface area contributed by atoms with E-state index in [1.165, 1.54) is 22.2 Å². The van der Waals surface area contributed by atoms with Gasteiger partial charge in [0.25, 0.3) is 11.5 Å². The topological polar surface area (TPSA) is 52.2 Å². The Bertz CT molecular complexity index is 1120. The van der Waals surface area contributed by atoms with Crippen molar-refractivity contribution in [1.29, 1.82) is 0 Å². The van der Waals surface area contributed by atoms with Crippen LogP contribution in [0, 0.1) is 0 Å². The maximum absolute atomic E-state index is 13.6. The van der Waals surface area contributed by atoms with Gasteiger partial charge in [0.05, 0.1) is 24.1 Å². The summed E-state index contributed by atoms with van der Waals surface area (Å²) in [5.74, 6) is -3.26. The number of hydrogen-bond donors (Lipinski definition) is 0. The molecule has 162 valence electrons. The first-order chi connectivity index (χ1) is 13.9. The number of halogens is 6. The van der Waals surface area contributed by atoms with E-state index in [1.54, 1.807) is 6.92 Å². The molecule has 0 radical (unpaired) electrons. The molecule has 0 saturated heterocycles. The average molecular weight is 450 g/mol. The zero-order valence-electron chi connectivity index (χ0n) is 15.8. The molecule has 0 aliphatic rings. The number of thioether (sulfide) groups is 1. The standard InChI is InChI=1S/C18H16F6N4OS/c1-3-30-16-15(26-13-5-4-11(7-28(13)16)18(22,23)24)12-6-14(29)27(9-25-12)8-17(20,21)10(2)19/h4-7,9-10H,3,8H2,1-2H3. The van der Waals surface area contributed by atoms with Gasteiger partial charge in [0, 0.05) is 12.3 Å². The van der Waals surface area contributed by atoms with Crippen LogP contribution in [0.15, 0.2) is 40.5 Å². The highest BCUT2D eigenvalue weighted by Crippen LogP contribution is 2.34. The molecule has 0 amide bonds. The number of nitrogens with zero attached hydrogens (tertiary/aromatic N) is 4. The molecular formula is C18H16F6N4OS. The highest BCUT2D eigenvalue weighted by Gasteiger charge is 2.37. The van der Waals surface area contributed by atoms with E-state index in [4.69, 9.17) is 0 Å². The second-order valence-corrected chi connectivity index (χ2v) is 7.71. The largest absolute Gasteiger partial charge is 0.417 e. The molecule has 0 bridgehead atoms. The van der Waals surface area contributed by atoms with Gasteiger partial charge in [-0.3, -0.25) is 13.8 Å². The molecule has 0 aromatic carbocycles. The molecule has 3 aromatic rings. The SMILES string of the molecule is CCSc1c(-c2cc(=O)n(CC(F)(F)C(C)F)cn2)nc2ccc(C(F)(F)F)cn12. The van der Waals surface area contributed by atoms with Gasteiger partial charge in [-0.15, -0.1) is 11.8 Å². The summed E-state index contributed by atoms with van der Waals surface area (Å²) < 4.78 is 81.3. The number of fused-ring (bicyclic) bond motifs is 1. The third-order valence-corrected chi connectivity index (χ3v) is 5.22. The maximum atomic E-state index is 13.6. The van der Waals surface area contributed by atoms with Crippen LogP contribution in [0.3, 0.4) is 0 Å². The van der Waals surface area contributed by atoms with Crippen LogP contribution in [0.5, 0.6) is 0 Å². The van der Waals surface area contributed by atoms with Crippen LogP contribution < -0.4 is 5.56 Å². The van der Waals surface area contributed by atoms with Crippen molar-refractivity contribution in [3.63, 3.8) is 0 Å². The molecule has 0 fully saturated rings. The normalized spacial score (nSPS) is 13.7. The minimum atomic E-state index is -4.55. The van der Waals surface area contributed by atoms with Crippen LogP contribution in [0.4, 0.5) is 26.3 Å². The monoisotopic (exact) mass is 450 g/mol. The van der Waals surface area contributed by atoms with Gasteiger partial charge in [-0.25, -0.2) is 23.1 Å². The Kier molecular flexibility index (Phi) is 5.89. The van der Waals surface area contributed by atoms with Crippen molar-refractivity contribution in [2.45, 2.75) is 43.7 Å². The molecule has 0 aliphatic carbocycles. The Morgan fingerprint density at radius 2 is 1.90 bits per heavy atom. The lowest BCUT2D eigenvalue weighted by Crippen LogP contribution is -2.37. The molecule has 12 heteroatoms. The van der Waals surface area contributed by atoms with E-state index in [-0.39, 0.29) is 17.0 Å². The smallest absolute Gasteiger partial charge is 0.293 e. The molecule has 3 aromatic heterocycles. The van der Waals surface area contributed by atoms with Gasteiger partial charge in [-0.2, -0.15) is 13.2 Å². The number of pyridine rings is 1. The van der Waals surface area contributed by atoms with Crippen LogP contribution in [0.25, 0.3) is 17.0 Å². The zero-order valence-corrected chi connectivity index (χ0v) is 16.6. The predicted molar refractivity (Wildman–Crippen MR) is 99.6 cm³/mol. The number of aromatic nitrogens is 4. The highest BCUT2D eigenvalue weighted by molar-refractivity contribution is 7.99. The van der Waals surface area contributed by atoms with E-state index in [2.05, 4.69) is 9.97 Å². The molecule has 1 unspecified atom stereocenters. The maximum Gasteiger partial charge on any atom is 0.417 e. The molecular weight excluding hydrogens is 434 g/mol. The second-order valence-electron chi connectivity index (χ2n) is 6.46. The molecule has 0 spiro atoms. The van der Waals surface area contributed by atoms with E-state index in [0.717, 1.165) is 24.7 Å². The number of rotatable bonds is 6. The van der Waals surface area contributed by atoms with Gasteiger partial charge in [0.2, 0.25) is 0 Å². The van der Waals surface area contributed by atoms with Crippen LogP contribution in [0.1, 0.15) is 19.4 Å². The lowest BCUT2D eigenvalue weighted by atomic mass is 10.2. The molecule has 0 saturated carbocycles. The molecule has 1 atom stereocenters. The zero-order chi connectivity index (χ0) is 22.3. The van der Waals surface area contributed by atoms with Crippen LogP contribution >= 0.6 is 11.8 Å². The quantitative estimate of drug-likeness (QED) is 0.404. The Balaban J connectivity index is 2.09. The minimum Gasteiger partial charge on any atom is -0.293 e. The van der Waals surface area contributed by atoms with Crippen molar-refractivity contribution in [2.24, 2.45) is 0 Å². The summed E-state index contributed by atoms with van der Waals surface area (Å²) in [7, 11) is 0. The minimum absolute atomic E-state index is 0.0149. The number of alkyl halides is 6. The lowest BCUT2D eigenvalue weighted by molar-refractivity contribution is -0.137. The van der Waals surface area contributed by atoms with Crippen LogP contribution in [-0.2, 0) is 12.7 Å². The molecule has 3 heterocycles. The molecule has 5 nitrogen and oxygen atoms in total. The summed E-state index contributed by atoms with van der Waals surface area (Å²) in [4.78, 5) is 20.5. The van der Waals surface area contributed by atoms with E-state index in [0.29, 0.717) is 22.3 Å². The fourth-order valence-electron chi connectivity index (χ4n) is 2.66. The van der Waals surface area contributed by atoms with Crippen LogP contribution in [0.2, 0.25) is 0 Å². The Hall–Kier alpha value is -2.50. The summed E-state index contributed by atoms with van der Waals surface area (Å²) in [5, 5.41) is 0.325. The van der Waals surface area contributed by atoms with E-state index >= 15 is 0 Å². The predicted octanol–water partition coefficient (Wildman–Crippen LogP) is 4.68. The first-order valence-corrected chi connectivity index (χ1v) is 9.73. The van der Waals surface area contributed by atoms with Crippen molar-refractivity contribution >= 4 is 17.4 Å². The summed E-state index contributed by atoms with van der Waals surface area (Å²) in [6, 6.07) is 3.03. The fourth-order valence-corrected chi connectivity index (χ4v) is 3.51. The summed E-state index contributed by atoms with van der Waals surface area (Å²) in [5.41, 5.74) is -1.36. The first-order valence-electron chi connectivity index (χ1n) is 8.75. The summed E-state index contributed by atoms with van der Waals surface area (Å²) >= 11 is 1.19. The van der Waals surface area contributed by atoms with E-state index in [9.17, 15) is 31.1 Å². The summed E-state index contributed by atoms with van der Waals surface area (Å²) in [6.07, 6.45) is -5.27. The molecule has 30 heavy (non-hydrogen) atoms. The fraction of sp³-hybridized carbons (Fsp3) is 0.389. The Morgan fingerprint density at radius 3 is 2.47 bits per heavy atom. The van der Waals surface area contributed by atoms with Gasteiger partial charge in [0.1, 0.15) is 16.4 Å². The van der Waals surface area contributed by atoms with Crippen molar-refractivity contribution in [3.05, 3.63) is 46.6 Å². The van der Waals surface area contributed by atoms with Gasteiger partial charge in [-0.1, -0.05) is 6.92 Å². The molecule has 3 rings (SSSR count). The van der Waals surface area contributed by atoms with E-state index < -0.39 is 35.9 Å². The van der Waals surface area contributed by atoms with Gasteiger partial charge in [0.15, 0.2) is 6.17 Å². The van der Waals surface area contributed by atoms with Gasteiger partial charge >= 0.3 is 6.18 Å². The second kappa shape index (κ2) is 7.97. The third-order valence-electron chi connectivity index (χ3n) is 4.27. The molecule has 0 aliphatic heterocycles. The van der Waals surface area contributed by atoms with Crippen molar-refractivity contribution in [3.8, 4) is 11.4 Å². The third kappa shape index (κ3) is 4.32. The Labute approximate surface area is 170 Å². The van der Waals surface area contributed by atoms with Crippen molar-refractivity contribution in [2.75, 3.05) is 5.75 Å². The van der Waals surface area contributed by atoms with E-state index in [1.807, 2.05) is 0 Å². The average Bonchev–Trinajstić information content (AvgIpc) is 3.01. The summed E-state index contributed by atoms with van der Waals surface area (Å²) in [6.45, 7) is 1.29. The number of imidazole rings is 1.